The van der Waals surface area contributed by atoms with Gasteiger partial charge in [-0.1, -0.05) is 19.4 Å². The third kappa shape index (κ3) is 3.27. The number of nitrogens with two attached hydrogens (primary N) is 1. The number of hydrogen-bond donors (Lipinski definition) is 1. The van der Waals surface area contributed by atoms with E-state index < -0.39 is 17.7 Å². The van der Waals surface area contributed by atoms with E-state index in [1.54, 1.807) is 6.92 Å². The molecule has 0 aliphatic carbocycles. The second-order valence-corrected chi connectivity index (χ2v) is 4.40. The third-order valence-electron chi connectivity index (χ3n) is 3.01. The largest absolute Gasteiger partial charge is 0.377 e. The molecule has 2 N–H and O–H groups in total. The van der Waals surface area contributed by atoms with Gasteiger partial charge < -0.3 is 10.5 Å². The normalized spacial score (nSPS) is 14.6. The van der Waals surface area contributed by atoms with E-state index in [1.807, 2.05) is 13.8 Å². The Hall–Kier alpha value is -1.00. The van der Waals surface area contributed by atoms with E-state index in [4.69, 9.17) is 10.5 Å². The average Bonchev–Trinajstić information content (AvgIpc) is 2.34. The highest BCUT2D eigenvalue weighted by molar-refractivity contribution is 5.29. The van der Waals surface area contributed by atoms with Crippen molar-refractivity contribution < 1.29 is 13.5 Å². The molecule has 0 spiro atoms. The van der Waals surface area contributed by atoms with Gasteiger partial charge >= 0.3 is 0 Å². The zero-order chi connectivity index (χ0) is 13.7. The summed E-state index contributed by atoms with van der Waals surface area (Å²) in [5, 5.41) is 0. The molecule has 0 saturated carbocycles. The third-order valence-corrected chi connectivity index (χ3v) is 3.01. The predicted octanol–water partition coefficient (Wildman–Crippen LogP) is 3.48. The zero-order valence-corrected chi connectivity index (χ0v) is 11.2. The van der Waals surface area contributed by atoms with E-state index in [0.29, 0.717) is 18.6 Å². The van der Waals surface area contributed by atoms with E-state index >= 15 is 0 Å². The lowest BCUT2D eigenvalue weighted by atomic mass is 9.96. The smallest absolute Gasteiger partial charge is 0.133 e. The van der Waals surface area contributed by atoms with Crippen molar-refractivity contribution >= 4 is 0 Å². The molecule has 102 valence electrons. The van der Waals surface area contributed by atoms with Gasteiger partial charge in [-0.05, 0) is 31.9 Å². The number of rotatable bonds is 6. The Balaban J connectivity index is 3.07. The molecule has 0 fully saturated rings. The maximum atomic E-state index is 14.0. The van der Waals surface area contributed by atoms with Crippen LogP contribution in [-0.4, -0.2) is 12.7 Å². The van der Waals surface area contributed by atoms with Gasteiger partial charge in [0.2, 0.25) is 0 Å². The minimum absolute atomic E-state index is 0.0677. The summed E-state index contributed by atoms with van der Waals surface area (Å²) in [6, 6.07) is 1.89. The number of benzene rings is 1. The highest BCUT2D eigenvalue weighted by atomic mass is 19.1. The molecule has 0 saturated heterocycles. The lowest BCUT2D eigenvalue weighted by molar-refractivity contribution is 0.0357. The van der Waals surface area contributed by atoms with Crippen LogP contribution in [0.25, 0.3) is 0 Å². The molecule has 0 aliphatic heterocycles. The van der Waals surface area contributed by atoms with Crippen LogP contribution >= 0.6 is 0 Å². The summed E-state index contributed by atoms with van der Waals surface area (Å²) in [5.74, 6) is -1.17. The molecule has 2 atom stereocenters. The summed E-state index contributed by atoms with van der Waals surface area (Å²) in [4.78, 5) is 0. The van der Waals surface area contributed by atoms with Crippen LogP contribution in [0.3, 0.4) is 0 Å². The fourth-order valence-corrected chi connectivity index (χ4v) is 2.03. The minimum atomic E-state index is -0.773. The lowest BCUT2D eigenvalue weighted by Gasteiger charge is -2.25. The van der Waals surface area contributed by atoms with Gasteiger partial charge in [-0.25, -0.2) is 8.78 Å². The first kappa shape index (κ1) is 15.1. The van der Waals surface area contributed by atoms with Crippen LogP contribution in [0.4, 0.5) is 8.78 Å². The molecular weight excluding hydrogens is 236 g/mol. The van der Waals surface area contributed by atoms with Gasteiger partial charge in [0, 0.05) is 12.2 Å². The fraction of sp³-hybridized carbons (Fsp3) is 0.571. The minimum Gasteiger partial charge on any atom is -0.377 e. The summed E-state index contributed by atoms with van der Waals surface area (Å²) in [7, 11) is 0. The summed E-state index contributed by atoms with van der Waals surface area (Å²) < 4.78 is 33.2. The molecule has 1 aromatic carbocycles. The Morgan fingerprint density at radius 1 is 1.28 bits per heavy atom. The van der Waals surface area contributed by atoms with Crippen molar-refractivity contribution in [1.82, 2.24) is 0 Å². The molecular formula is C14H21F2NO. The first-order valence-corrected chi connectivity index (χ1v) is 6.34. The molecule has 18 heavy (non-hydrogen) atoms. The van der Waals surface area contributed by atoms with Crippen LogP contribution < -0.4 is 5.73 Å². The topological polar surface area (TPSA) is 35.2 Å². The maximum absolute atomic E-state index is 14.0. The van der Waals surface area contributed by atoms with Crippen molar-refractivity contribution in [3.63, 3.8) is 0 Å². The lowest BCUT2D eigenvalue weighted by Crippen LogP contribution is -2.31. The van der Waals surface area contributed by atoms with Crippen molar-refractivity contribution in [3.8, 4) is 0 Å². The van der Waals surface area contributed by atoms with E-state index in [1.165, 1.54) is 12.1 Å². The van der Waals surface area contributed by atoms with E-state index in [0.717, 1.165) is 6.42 Å². The Morgan fingerprint density at radius 2 is 1.94 bits per heavy atom. The Morgan fingerprint density at radius 3 is 2.50 bits per heavy atom. The second-order valence-electron chi connectivity index (χ2n) is 4.40. The number of hydrogen-bond acceptors (Lipinski definition) is 2. The van der Waals surface area contributed by atoms with Gasteiger partial charge in [0.25, 0.3) is 0 Å². The van der Waals surface area contributed by atoms with Crippen LogP contribution in [0.1, 0.15) is 43.9 Å². The summed E-state index contributed by atoms with van der Waals surface area (Å²) in [5.41, 5.74) is 6.31. The Bertz CT molecular complexity index is 390. The van der Waals surface area contributed by atoms with Gasteiger partial charge in [0.05, 0.1) is 12.1 Å². The quantitative estimate of drug-likeness (QED) is 0.846. The van der Waals surface area contributed by atoms with Crippen LogP contribution in [0, 0.1) is 18.6 Å². The van der Waals surface area contributed by atoms with E-state index in [-0.39, 0.29) is 11.7 Å². The van der Waals surface area contributed by atoms with Crippen molar-refractivity contribution in [1.29, 1.82) is 0 Å². The molecule has 4 heteroatoms. The fourth-order valence-electron chi connectivity index (χ4n) is 2.03. The highest BCUT2D eigenvalue weighted by Crippen LogP contribution is 2.27. The van der Waals surface area contributed by atoms with Gasteiger partial charge in [0.15, 0.2) is 0 Å². The zero-order valence-electron chi connectivity index (χ0n) is 11.2. The van der Waals surface area contributed by atoms with Crippen LogP contribution in [-0.2, 0) is 4.74 Å². The summed E-state index contributed by atoms with van der Waals surface area (Å²) in [6.45, 7) is 5.91. The monoisotopic (exact) mass is 257 g/mol. The van der Waals surface area contributed by atoms with Gasteiger partial charge in [-0.2, -0.15) is 0 Å². The first-order chi connectivity index (χ1) is 8.52. The first-order valence-electron chi connectivity index (χ1n) is 6.34. The van der Waals surface area contributed by atoms with E-state index in [9.17, 15) is 8.78 Å². The van der Waals surface area contributed by atoms with Crippen LogP contribution in [0.5, 0.6) is 0 Å². The molecule has 0 amide bonds. The average molecular weight is 257 g/mol. The summed E-state index contributed by atoms with van der Waals surface area (Å²) in [6.07, 6.45) is 1.18. The molecule has 2 nitrogen and oxygen atoms in total. The van der Waals surface area contributed by atoms with Crippen molar-refractivity contribution in [2.75, 3.05) is 6.61 Å². The maximum Gasteiger partial charge on any atom is 0.133 e. The number of halogens is 2. The van der Waals surface area contributed by atoms with Gasteiger partial charge in [-0.15, -0.1) is 0 Å². The SMILES string of the molecule is CCCC(OCC)C(N)c1c(F)ccc(C)c1F. The number of ether oxygens (including phenoxy) is 1. The molecule has 1 aromatic rings. The molecule has 2 unspecified atom stereocenters. The Kier molecular flexibility index (Phi) is 5.69. The van der Waals surface area contributed by atoms with Crippen molar-refractivity contribution in [2.24, 2.45) is 5.73 Å². The molecule has 1 rings (SSSR count). The Labute approximate surface area is 107 Å². The van der Waals surface area contributed by atoms with Crippen molar-refractivity contribution in [2.45, 2.75) is 45.8 Å². The van der Waals surface area contributed by atoms with Gasteiger partial charge in [0.1, 0.15) is 11.6 Å². The second kappa shape index (κ2) is 6.81. The molecule has 0 aromatic heterocycles. The molecule has 0 heterocycles. The standard InChI is InChI=1S/C14H21F2NO/c1-4-6-11(18-5-2)14(17)12-10(15)8-7-9(3)13(12)16/h7-8,11,14H,4-6,17H2,1-3H3. The van der Waals surface area contributed by atoms with Crippen LogP contribution in [0.2, 0.25) is 0 Å². The van der Waals surface area contributed by atoms with Crippen LogP contribution in [0.15, 0.2) is 12.1 Å². The number of aryl methyl sites for hydroxylation is 1. The predicted molar refractivity (Wildman–Crippen MR) is 68.3 cm³/mol. The van der Waals surface area contributed by atoms with Gasteiger partial charge in [-0.3, -0.25) is 0 Å². The molecule has 0 aliphatic rings. The summed E-state index contributed by atoms with van der Waals surface area (Å²) >= 11 is 0. The van der Waals surface area contributed by atoms with E-state index in [2.05, 4.69) is 0 Å². The molecule has 0 radical (unpaired) electrons. The molecule has 0 bridgehead atoms. The highest BCUT2D eigenvalue weighted by Gasteiger charge is 2.25. The van der Waals surface area contributed by atoms with Crippen molar-refractivity contribution in [3.05, 3.63) is 34.9 Å².